The highest BCUT2D eigenvalue weighted by Gasteiger charge is 2.38. The number of carbonyl (C=O) groups is 2. The third-order valence-corrected chi connectivity index (χ3v) is 5.94. The Hall–Kier alpha value is -1.83. The number of amides is 1. The van der Waals surface area contributed by atoms with Gasteiger partial charge in [0.15, 0.2) is 13.2 Å². The monoisotopic (exact) mass is 424 g/mol. The van der Waals surface area contributed by atoms with E-state index in [0.717, 1.165) is 39.1 Å². The number of hydrogen-bond donors (Lipinski definition) is 1. The van der Waals surface area contributed by atoms with Crippen LogP contribution in [0.1, 0.15) is 32.1 Å². The van der Waals surface area contributed by atoms with Crippen LogP contribution in [0.5, 0.6) is 5.75 Å². The number of rotatable bonds is 8. The molecule has 1 N–H and O–H groups in total. The molecule has 0 bridgehead atoms. The maximum atomic E-state index is 12.3. The predicted octanol–water partition coefficient (Wildman–Crippen LogP) is 2.41. The van der Waals surface area contributed by atoms with Gasteiger partial charge in [-0.1, -0.05) is 43.0 Å². The van der Waals surface area contributed by atoms with Gasteiger partial charge in [-0.05, 0) is 25.0 Å². The Morgan fingerprint density at radius 2 is 1.83 bits per heavy atom. The number of carbonyl (C=O) groups excluding carboxylic acids is 2. The van der Waals surface area contributed by atoms with Crippen molar-refractivity contribution in [1.29, 1.82) is 0 Å². The molecule has 0 spiro atoms. The molecule has 29 heavy (non-hydrogen) atoms. The van der Waals surface area contributed by atoms with Crippen molar-refractivity contribution in [2.75, 3.05) is 46.1 Å². The summed E-state index contributed by atoms with van der Waals surface area (Å²) in [5.74, 6) is -0.504. The van der Waals surface area contributed by atoms with E-state index >= 15 is 0 Å². The molecule has 2 aliphatic rings. The minimum absolute atomic E-state index is 0.0190. The fourth-order valence-electron chi connectivity index (χ4n) is 4.05. The van der Waals surface area contributed by atoms with Crippen LogP contribution in [0.2, 0.25) is 5.02 Å². The summed E-state index contributed by atoms with van der Waals surface area (Å²) in [6.45, 7) is 3.21. The van der Waals surface area contributed by atoms with Crippen molar-refractivity contribution in [3.05, 3.63) is 29.3 Å². The van der Waals surface area contributed by atoms with E-state index in [1.165, 1.54) is 19.3 Å². The normalized spacial score (nSPS) is 19.3. The van der Waals surface area contributed by atoms with Crippen LogP contribution in [-0.4, -0.2) is 68.4 Å². The molecular formula is C21H29ClN2O5. The summed E-state index contributed by atoms with van der Waals surface area (Å²) < 4.78 is 15.8. The summed E-state index contributed by atoms with van der Waals surface area (Å²) >= 11 is 5.97. The topological polar surface area (TPSA) is 77.1 Å². The Morgan fingerprint density at radius 3 is 2.55 bits per heavy atom. The summed E-state index contributed by atoms with van der Waals surface area (Å²) in [7, 11) is 0. The maximum absolute atomic E-state index is 12.3. The van der Waals surface area contributed by atoms with Crippen LogP contribution in [-0.2, 0) is 19.1 Å². The van der Waals surface area contributed by atoms with E-state index in [9.17, 15) is 9.59 Å². The summed E-state index contributed by atoms with van der Waals surface area (Å²) in [6, 6.07) is 6.87. The first-order chi connectivity index (χ1) is 14.1. The van der Waals surface area contributed by atoms with Gasteiger partial charge in [0.2, 0.25) is 0 Å². The number of halogens is 1. The Balaban J connectivity index is 1.42. The van der Waals surface area contributed by atoms with Gasteiger partial charge in [-0.15, -0.1) is 0 Å². The fraction of sp³-hybridized carbons (Fsp3) is 0.619. The van der Waals surface area contributed by atoms with E-state index in [1.807, 2.05) is 0 Å². The number of nitrogens with one attached hydrogen (secondary N) is 1. The summed E-state index contributed by atoms with van der Waals surface area (Å²) in [5, 5.41) is 3.38. The Bertz CT molecular complexity index is 687. The Labute approximate surface area is 176 Å². The van der Waals surface area contributed by atoms with Crippen molar-refractivity contribution in [2.45, 2.75) is 37.6 Å². The summed E-state index contributed by atoms with van der Waals surface area (Å²) in [5.41, 5.74) is -0.0190. The van der Waals surface area contributed by atoms with Gasteiger partial charge in [0.25, 0.3) is 5.91 Å². The first kappa shape index (κ1) is 21.9. The largest absolute Gasteiger partial charge is 0.480 e. The molecule has 3 rings (SSSR count). The van der Waals surface area contributed by atoms with Crippen LogP contribution in [0.4, 0.5) is 0 Å². The Morgan fingerprint density at radius 1 is 1.10 bits per heavy atom. The number of nitrogens with zero attached hydrogens (tertiary/aromatic N) is 1. The van der Waals surface area contributed by atoms with Crippen molar-refractivity contribution in [1.82, 2.24) is 10.2 Å². The van der Waals surface area contributed by atoms with Gasteiger partial charge >= 0.3 is 5.97 Å². The zero-order valence-electron chi connectivity index (χ0n) is 16.7. The van der Waals surface area contributed by atoms with E-state index in [0.29, 0.717) is 17.3 Å². The molecule has 0 unspecified atom stereocenters. The van der Waals surface area contributed by atoms with Crippen LogP contribution in [0.25, 0.3) is 0 Å². The molecule has 1 aliphatic heterocycles. The first-order valence-electron chi connectivity index (χ1n) is 10.2. The summed E-state index contributed by atoms with van der Waals surface area (Å²) in [6.07, 6.45) is 5.71. The molecular weight excluding hydrogens is 396 g/mol. The van der Waals surface area contributed by atoms with E-state index < -0.39 is 5.97 Å². The van der Waals surface area contributed by atoms with Gasteiger partial charge in [0, 0.05) is 25.2 Å². The van der Waals surface area contributed by atoms with Crippen molar-refractivity contribution in [3.8, 4) is 5.75 Å². The molecule has 7 nitrogen and oxygen atoms in total. The van der Waals surface area contributed by atoms with Crippen molar-refractivity contribution < 1.29 is 23.8 Å². The second kappa shape index (κ2) is 10.8. The highest BCUT2D eigenvalue weighted by atomic mass is 35.5. The van der Waals surface area contributed by atoms with E-state index in [2.05, 4.69) is 10.2 Å². The molecule has 1 aromatic carbocycles. The van der Waals surface area contributed by atoms with Crippen LogP contribution >= 0.6 is 11.6 Å². The number of ether oxygens (including phenoxy) is 3. The average Bonchev–Trinajstić information content (AvgIpc) is 2.77. The number of esters is 1. The second-order valence-corrected chi connectivity index (χ2v) is 7.95. The predicted molar refractivity (Wildman–Crippen MR) is 109 cm³/mol. The van der Waals surface area contributed by atoms with Crippen molar-refractivity contribution >= 4 is 23.5 Å². The fourth-order valence-corrected chi connectivity index (χ4v) is 4.24. The lowest BCUT2D eigenvalue weighted by Gasteiger charge is -2.48. The number of morpholine rings is 1. The van der Waals surface area contributed by atoms with Gasteiger partial charge in [-0.25, -0.2) is 4.79 Å². The third-order valence-electron chi connectivity index (χ3n) is 5.63. The second-order valence-electron chi connectivity index (χ2n) is 7.54. The first-order valence-corrected chi connectivity index (χ1v) is 10.6. The molecule has 1 amide bonds. The lowest BCUT2D eigenvalue weighted by Crippen LogP contribution is -2.59. The molecule has 1 heterocycles. The molecule has 0 aromatic heterocycles. The third kappa shape index (κ3) is 6.32. The van der Waals surface area contributed by atoms with Gasteiger partial charge in [-0.3, -0.25) is 9.69 Å². The van der Waals surface area contributed by atoms with Crippen molar-refractivity contribution in [3.63, 3.8) is 0 Å². The lowest BCUT2D eigenvalue weighted by atomic mass is 9.79. The zero-order valence-corrected chi connectivity index (χ0v) is 17.4. The van der Waals surface area contributed by atoms with Gasteiger partial charge < -0.3 is 19.5 Å². The molecule has 8 heteroatoms. The van der Waals surface area contributed by atoms with Gasteiger partial charge in [-0.2, -0.15) is 0 Å². The van der Waals surface area contributed by atoms with Crippen LogP contribution in [0.3, 0.4) is 0 Å². The number of para-hydroxylation sites is 1. The lowest BCUT2D eigenvalue weighted by molar-refractivity contribution is -0.150. The van der Waals surface area contributed by atoms with E-state index in [4.69, 9.17) is 25.8 Å². The van der Waals surface area contributed by atoms with Crippen LogP contribution < -0.4 is 10.1 Å². The van der Waals surface area contributed by atoms with Crippen LogP contribution in [0, 0.1) is 0 Å². The number of hydrogen-bond acceptors (Lipinski definition) is 6. The minimum Gasteiger partial charge on any atom is -0.480 e. The molecule has 1 saturated heterocycles. The number of benzene rings is 1. The standard InChI is InChI=1S/C21H29ClN2O5/c22-17-6-2-3-7-18(17)28-15-20(26)29-14-19(25)23-16-21(8-4-1-5-9-21)24-10-12-27-13-11-24/h2-3,6-7H,1,4-5,8-16H2,(H,23,25). The quantitative estimate of drug-likeness (QED) is 0.646. The highest BCUT2D eigenvalue weighted by molar-refractivity contribution is 6.32. The molecule has 160 valence electrons. The van der Waals surface area contributed by atoms with E-state index in [-0.39, 0.29) is 24.7 Å². The molecule has 1 saturated carbocycles. The zero-order chi connectivity index (χ0) is 20.5. The van der Waals surface area contributed by atoms with Gasteiger partial charge in [0.1, 0.15) is 5.75 Å². The summed E-state index contributed by atoms with van der Waals surface area (Å²) in [4.78, 5) is 26.6. The minimum atomic E-state index is -0.611. The maximum Gasteiger partial charge on any atom is 0.344 e. The molecule has 0 radical (unpaired) electrons. The highest BCUT2D eigenvalue weighted by Crippen LogP contribution is 2.33. The molecule has 0 atom stereocenters. The van der Waals surface area contributed by atoms with Gasteiger partial charge in [0.05, 0.1) is 18.2 Å². The van der Waals surface area contributed by atoms with Crippen LogP contribution in [0.15, 0.2) is 24.3 Å². The molecule has 1 aliphatic carbocycles. The molecule has 2 fully saturated rings. The Kier molecular flexibility index (Phi) is 8.15. The SMILES string of the molecule is O=C(COC(=O)COc1ccccc1Cl)NCC1(N2CCOCC2)CCCCC1. The molecule has 1 aromatic rings. The van der Waals surface area contributed by atoms with Crippen molar-refractivity contribution in [2.24, 2.45) is 0 Å². The van der Waals surface area contributed by atoms with E-state index in [1.54, 1.807) is 24.3 Å². The average molecular weight is 425 g/mol. The smallest absolute Gasteiger partial charge is 0.344 e.